The summed E-state index contributed by atoms with van der Waals surface area (Å²) < 4.78 is 4.63. The van der Waals surface area contributed by atoms with Crippen molar-refractivity contribution in [2.75, 3.05) is 7.11 Å². The largest absolute Gasteiger partial charge is 0.465 e. The van der Waals surface area contributed by atoms with Crippen molar-refractivity contribution in [3.05, 3.63) is 35.4 Å². The predicted octanol–water partition coefficient (Wildman–Crippen LogP) is 0.891. The molecule has 0 bridgehead atoms. The number of amides is 1. The Labute approximate surface area is 88.0 Å². The molecule has 4 heteroatoms. The second kappa shape index (κ2) is 5.14. The zero-order valence-electron chi connectivity index (χ0n) is 8.53. The Morgan fingerprint density at radius 3 is 2.60 bits per heavy atom. The van der Waals surface area contributed by atoms with E-state index in [1.54, 1.807) is 18.2 Å². The van der Waals surface area contributed by atoms with Gasteiger partial charge in [-0.15, -0.1) is 0 Å². The van der Waals surface area contributed by atoms with Crippen LogP contribution in [0.5, 0.6) is 0 Å². The number of rotatable bonds is 4. The normalized spacial score (nSPS) is 9.67. The van der Waals surface area contributed by atoms with Crippen molar-refractivity contribution in [3.63, 3.8) is 0 Å². The second-order valence-corrected chi connectivity index (χ2v) is 3.12. The highest BCUT2D eigenvalue weighted by Gasteiger charge is 2.10. The maximum atomic E-state index is 11.3. The Morgan fingerprint density at radius 2 is 2.00 bits per heavy atom. The molecule has 1 amide bonds. The fourth-order valence-corrected chi connectivity index (χ4v) is 1.31. The van der Waals surface area contributed by atoms with Crippen LogP contribution in [-0.2, 0) is 16.0 Å². The highest BCUT2D eigenvalue weighted by molar-refractivity contribution is 5.91. The Balaban J connectivity index is 2.86. The Morgan fingerprint density at radius 1 is 1.33 bits per heavy atom. The molecule has 0 heterocycles. The molecule has 0 aliphatic rings. The van der Waals surface area contributed by atoms with E-state index < -0.39 is 5.97 Å². The lowest BCUT2D eigenvalue weighted by Gasteiger charge is -2.05. The van der Waals surface area contributed by atoms with E-state index in [0.29, 0.717) is 12.0 Å². The van der Waals surface area contributed by atoms with Gasteiger partial charge in [-0.3, -0.25) is 4.79 Å². The number of hydrogen-bond acceptors (Lipinski definition) is 3. The van der Waals surface area contributed by atoms with Crippen molar-refractivity contribution in [2.24, 2.45) is 5.73 Å². The first-order valence-electron chi connectivity index (χ1n) is 4.59. The van der Waals surface area contributed by atoms with Crippen molar-refractivity contribution in [1.82, 2.24) is 0 Å². The number of aryl methyl sites for hydroxylation is 1. The highest BCUT2D eigenvalue weighted by atomic mass is 16.5. The van der Waals surface area contributed by atoms with E-state index in [1.165, 1.54) is 7.11 Å². The van der Waals surface area contributed by atoms with Gasteiger partial charge in [-0.1, -0.05) is 18.2 Å². The van der Waals surface area contributed by atoms with Crippen LogP contribution in [0.4, 0.5) is 0 Å². The van der Waals surface area contributed by atoms with Crippen LogP contribution in [0.1, 0.15) is 22.3 Å². The SMILES string of the molecule is COC(=O)c1ccccc1CCC(N)=O. The molecule has 0 aliphatic carbocycles. The number of ether oxygens (including phenoxy) is 1. The molecule has 1 aromatic rings. The van der Waals surface area contributed by atoms with Gasteiger partial charge >= 0.3 is 5.97 Å². The van der Waals surface area contributed by atoms with Crippen LogP contribution in [0.3, 0.4) is 0 Å². The molecular formula is C11H13NO3. The zero-order valence-corrected chi connectivity index (χ0v) is 8.53. The van der Waals surface area contributed by atoms with Gasteiger partial charge < -0.3 is 10.5 Å². The zero-order chi connectivity index (χ0) is 11.3. The van der Waals surface area contributed by atoms with Gasteiger partial charge in [0.25, 0.3) is 0 Å². The molecule has 0 aliphatic heterocycles. The minimum atomic E-state index is -0.393. The maximum absolute atomic E-state index is 11.3. The molecule has 4 nitrogen and oxygen atoms in total. The first-order chi connectivity index (χ1) is 7.15. The third-order valence-corrected chi connectivity index (χ3v) is 2.06. The number of carbonyl (C=O) groups excluding carboxylic acids is 2. The summed E-state index contributed by atoms with van der Waals surface area (Å²) in [4.78, 5) is 22.0. The van der Waals surface area contributed by atoms with Crippen LogP contribution >= 0.6 is 0 Å². The van der Waals surface area contributed by atoms with Gasteiger partial charge in [-0.05, 0) is 18.1 Å². The Bertz CT molecular complexity index is 374. The fraction of sp³-hybridized carbons (Fsp3) is 0.273. The summed E-state index contributed by atoms with van der Waals surface area (Å²) in [5.74, 6) is -0.773. The molecule has 0 unspecified atom stereocenters. The van der Waals surface area contributed by atoms with E-state index in [-0.39, 0.29) is 12.3 Å². The average molecular weight is 207 g/mol. The van der Waals surface area contributed by atoms with Gasteiger partial charge in [0.1, 0.15) is 0 Å². The summed E-state index contributed by atoms with van der Waals surface area (Å²) >= 11 is 0. The molecule has 0 aromatic heterocycles. The number of primary amides is 1. The molecule has 80 valence electrons. The van der Waals surface area contributed by atoms with E-state index in [9.17, 15) is 9.59 Å². The van der Waals surface area contributed by atoms with E-state index in [4.69, 9.17) is 5.73 Å². The summed E-state index contributed by atoms with van der Waals surface area (Å²) in [6.45, 7) is 0. The molecule has 0 saturated heterocycles. The van der Waals surface area contributed by atoms with Gasteiger partial charge in [0, 0.05) is 6.42 Å². The molecule has 1 aromatic carbocycles. The van der Waals surface area contributed by atoms with Crippen LogP contribution in [0.15, 0.2) is 24.3 Å². The molecule has 0 atom stereocenters. The number of methoxy groups -OCH3 is 1. The number of nitrogens with two attached hydrogens (primary N) is 1. The maximum Gasteiger partial charge on any atom is 0.338 e. The monoisotopic (exact) mass is 207 g/mol. The topological polar surface area (TPSA) is 69.4 Å². The average Bonchev–Trinajstić information content (AvgIpc) is 2.25. The fourth-order valence-electron chi connectivity index (χ4n) is 1.31. The summed E-state index contributed by atoms with van der Waals surface area (Å²) in [5.41, 5.74) is 6.31. The van der Waals surface area contributed by atoms with Gasteiger partial charge in [-0.2, -0.15) is 0 Å². The molecular weight excluding hydrogens is 194 g/mol. The van der Waals surface area contributed by atoms with E-state index in [0.717, 1.165) is 5.56 Å². The van der Waals surface area contributed by atoms with Gasteiger partial charge in [-0.25, -0.2) is 4.79 Å². The van der Waals surface area contributed by atoms with E-state index in [1.807, 2.05) is 6.07 Å². The second-order valence-electron chi connectivity index (χ2n) is 3.12. The number of esters is 1. The lowest BCUT2D eigenvalue weighted by molar-refractivity contribution is -0.118. The van der Waals surface area contributed by atoms with Gasteiger partial charge in [0.15, 0.2) is 0 Å². The van der Waals surface area contributed by atoms with Crippen LogP contribution in [-0.4, -0.2) is 19.0 Å². The van der Waals surface area contributed by atoms with Crippen molar-refractivity contribution >= 4 is 11.9 Å². The summed E-state index contributed by atoms with van der Waals surface area (Å²) in [5, 5.41) is 0. The molecule has 0 radical (unpaired) electrons. The third-order valence-electron chi connectivity index (χ3n) is 2.06. The van der Waals surface area contributed by atoms with Crippen LogP contribution < -0.4 is 5.73 Å². The minimum absolute atomic E-state index is 0.230. The summed E-state index contributed by atoms with van der Waals surface area (Å²) in [6, 6.07) is 7.01. The lowest BCUT2D eigenvalue weighted by Crippen LogP contribution is -2.13. The first-order valence-corrected chi connectivity index (χ1v) is 4.59. The summed E-state index contributed by atoms with van der Waals surface area (Å²) in [7, 11) is 1.33. The number of hydrogen-bond donors (Lipinski definition) is 1. The van der Waals surface area contributed by atoms with Crippen molar-refractivity contribution in [2.45, 2.75) is 12.8 Å². The number of carbonyl (C=O) groups is 2. The third kappa shape index (κ3) is 3.09. The summed E-state index contributed by atoms with van der Waals surface area (Å²) in [6.07, 6.45) is 0.689. The quantitative estimate of drug-likeness (QED) is 0.745. The molecule has 0 spiro atoms. The molecule has 1 rings (SSSR count). The standard InChI is InChI=1S/C11H13NO3/c1-15-11(14)9-5-3-2-4-8(9)6-7-10(12)13/h2-5H,6-7H2,1H3,(H2,12,13). The van der Waals surface area contributed by atoms with Crippen LogP contribution in [0.25, 0.3) is 0 Å². The van der Waals surface area contributed by atoms with Gasteiger partial charge in [0.05, 0.1) is 12.7 Å². The van der Waals surface area contributed by atoms with Crippen molar-refractivity contribution in [3.8, 4) is 0 Å². The van der Waals surface area contributed by atoms with Crippen LogP contribution in [0, 0.1) is 0 Å². The van der Waals surface area contributed by atoms with E-state index >= 15 is 0 Å². The Hall–Kier alpha value is -1.84. The minimum Gasteiger partial charge on any atom is -0.465 e. The van der Waals surface area contributed by atoms with Crippen molar-refractivity contribution in [1.29, 1.82) is 0 Å². The molecule has 0 fully saturated rings. The van der Waals surface area contributed by atoms with Gasteiger partial charge in [0.2, 0.25) is 5.91 Å². The van der Waals surface area contributed by atoms with Crippen molar-refractivity contribution < 1.29 is 14.3 Å². The predicted molar refractivity (Wildman–Crippen MR) is 55.3 cm³/mol. The lowest BCUT2D eigenvalue weighted by atomic mass is 10.0. The van der Waals surface area contributed by atoms with E-state index in [2.05, 4.69) is 4.74 Å². The molecule has 15 heavy (non-hydrogen) atoms. The number of benzene rings is 1. The molecule has 2 N–H and O–H groups in total. The molecule has 0 saturated carbocycles. The first kappa shape index (κ1) is 11.2. The Kier molecular flexibility index (Phi) is 3.85. The smallest absolute Gasteiger partial charge is 0.338 e. The van der Waals surface area contributed by atoms with Crippen LogP contribution in [0.2, 0.25) is 0 Å². The highest BCUT2D eigenvalue weighted by Crippen LogP contribution is 2.11.